The van der Waals surface area contributed by atoms with E-state index in [0.29, 0.717) is 36.9 Å². The Kier molecular flexibility index (Phi) is 3.92. The highest BCUT2D eigenvalue weighted by atomic mass is 16.3. The van der Waals surface area contributed by atoms with Crippen molar-refractivity contribution in [3.63, 3.8) is 0 Å². The zero-order valence-corrected chi connectivity index (χ0v) is 13.7. The first-order valence-electron chi connectivity index (χ1n) is 8.63. The minimum atomic E-state index is -0.401. The molecule has 0 unspecified atom stereocenters. The molecule has 2 heteroatoms. The van der Waals surface area contributed by atoms with Crippen molar-refractivity contribution >= 4 is 5.78 Å². The largest absolute Gasteiger partial charge is 0.393 e. The van der Waals surface area contributed by atoms with Gasteiger partial charge in [0.2, 0.25) is 0 Å². The average molecular weight is 300 g/mol. The third-order valence-corrected chi connectivity index (χ3v) is 6.76. The predicted molar refractivity (Wildman–Crippen MR) is 89.3 cm³/mol. The van der Waals surface area contributed by atoms with Crippen LogP contribution in [-0.4, -0.2) is 17.0 Å². The monoisotopic (exact) mass is 300 g/mol. The molecule has 2 fully saturated rings. The number of aliphatic hydroxyl groups excluding tert-OH is 1. The molecule has 0 heterocycles. The molecule has 0 radical (unpaired) electrons. The first kappa shape index (κ1) is 15.7. The normalized spacial score (nSPS) is 39.6. The maximum absolute atomic E-state index is 12.8. The van der Waals surface area contributed by atoms with Crippen LogP contribution in [0.15, 0.2) is 37.0 Å². The van der Waals surface area contributed by atoms with Gasteiger partial charge in [-0.15, -0.1) is 13.2 Å². The molecule has 1 N–H and O–H groups in total. The Hall–Kier alpha value is -1.15. The summed E-state index contributed by atoms with van der Waals surface area (Å²) in [4.78, 5) is 12.8. The van der Waals surface area contributed by atoms with Gasteiger partial charge in [0.05, 0.1) is 11.5 Å². The SMILES string of the molecule is C=CCC1(CC=C)C(=O)CC[C@H]2C1=CC[C@@]1(C)[C@H](O)CC[C@H]21. The molecule has 0 saturated heterocycles. The van der Waals surface area contributed by atoms with E-state index in [1.807, 2.05) is 12.2 Å². The summed E-state index contributed by atoms with van der Waals surface area (Å²) in [5.74, 6) is 1.33. The minimum absolute atomic E-state index is 0.00263. The van der Waals surface area contributed by atoms with Gasteiger partial charge in [-0.05, 0) is 50.4 Å². The maximum atomic E-state index is 12.8. The Morgan fingerprint density at radius 2 is 1.95 bits per heavy atom. The summed E-state index contributed by atoms with van der Waals surface area (Å²) in [6, 6.07) is 0. The Morgan fingerprint density at radius 1 is 1.27 bits per heavy atom. The number of aliphatic hydroxyl groups is 1. The lowest BCUT2D eigenvalue weighted by Gasteiger charge is -2.51. The Balaban J connectivity index is 2.05. The highest BCUT2D eigenvalue weighted by Gasteiger charge is 2.56. The van der Waals surface area contributed by atoms with Gasteiger partial charge in [0, 0.05) is 11.8 Å². The standard InChI is InChI=1S/C20H28O2/c1-4-11-20(12-5-2)16-10-13-19(3)15(7-9-17(19)21)14(16)6-8-18(20)22/h4-5,10,14-15,17,21H,1-2,6-9,11-13H2,3H3/t14-,15-,17-,19-/m1/s1. The second-order valence-corrected chi connectivity index (χ2v) is 7.71. The zero-order valence-electron chi connectivity index (χ0n) is 13.7. The van der Waals surface area contributed by atoms with Crippen molar-refractivity contribution < 1.29 is 9.90 Å². The molecule has 120 valence electrons. The fourth-order valence-corrected chi connectivity index (χ4v) is 5.52. The summed E-state index contributed by atoms with van der Waals surface area (Å²) >= 11 is 0. The molecule has 3 aliphatic rings. The van der Waals surface area contributed by atoms with Crippen molar-refractivity contribution in [2.75, 3.05) is 0 Å². The van der Waals surface area contributed by atoms with Gasteiger partial charge in [0.25, 0.3) is 0 Å². The van der Waals surface area contributed by atoms with Gasteiger partial charge < -0.3 is 5.11 Å². The van der Waals surface area contributed by atoms with Crippen molar-refractivity contribution in [2.45, 2.75) is 58.0 Å². The molecule has 4 atom stereocenters. The van der Waals surface area contributed by atoms with Gasteiger partial charge in [-0.2, -0.15) is 0 Å². The Labute approximate surface area is 134 Å². The lowest BCUT2D eigenvalue weighted by atomic mass is 9.52. The fraction of sp³-hybridized carbons (Fsp3) is 0.650. The van der Waals surface area contributed by atoms with Crippen LogP contribution < -0.4 is 0 Å². The summed E-state index contributed by atoms with van der Waals surface area (Å²) in [5.41, 5.74) is 0.935. The van der Waals surface area contributed by atoms with Crippen LogP contribution in [0.25, 0.3) is 0 Å². The number of hydrogen-bond donors (Lipinski definition) is 1. The molecule has 2 nitrogen and oxygen atoms in total. The van der Waals surface area contributed by atoms with Gasteiger partial charge in [-0.3, -0.25) is 4.79 Å². The van der Waals surface area contributed by atoms with E-state index in [4.69, 9.17) is 0 Å². The molecule has 0 aromatic heterocycles. The van der Waals surface area contributed by atoms with Gasteiger partial charge >= 0.3 is 0 Å². The number of carbonyl (C=O) groups excluding carboxylic acids is 1. The lowest BCUT2D eigenvalue weighted by Crippen LogP contribution is -2.47. The Morgan fingerprint density at radius 3 is 2.59 bits per heavy atom. The third-order valence-electron chi connectivity index (χ3n) is 6.76. The third kappa shape index (κ3) is 2.00. The first-order valence-corrected chi connectivity index (χ1v) is 8.63. The highest BCUT2D eigenvalue weighted by Crippen LogP contribution is 2.61. The van der Waals surface area contributed by atoms with Crippen molar-refractivity contribution in [2.24, 2.45) is 22.7 Å². The van der Waals surface area contributed by atoms with E-state index in [-0.39, 0.29) is 11.5 Å². The number of ketones is 1. The quantitative estimate of drug-likeness (QED) is 0.790. The van der Waals surface area contributed by atoms with Crippen LogP contribution in [0, 0.1) is 22.7 Å². The van der Waals surface area contributed by atoms with Gasteiger partial charge in [0.15, 0.2) is 0 Å². The number of carbonyl (C=O) groups is 1. The summed E-state index contributed by atoms with van der Waals surface area (Å²) in [6.07, 6.45) is 11.8. The summed E-state index contributed by atoms with van der Waals surface area (Å²) in [6.45, 7) is 10.0. The average Bonchev–Trinajstić information content (AvgIpc) is 2.79. The molecule has 3 rings (SSSR count). The summed E-state index contributed by atoms with van der Waals surface area (Å²) in [5, 5.41) is 10.4. The number of Topliss-reactive ketones (excluding diaryl/α,β-unsaturated/α-hetero) is 1. The van der Waals surface area contributed by atoms with Crippen LogP contribution in [0.1, 0.15) is 51.9 Å². The van der Waals surface area contributed by atoms with Gasteiger partial charge in [0.1, 0.15) is 5.78 Å². The molecule has 22 heavy (non-hydrogen) atoms. The summed E-state index contributed by atoms with van der Waals surface area (Å²) in [7, 11) is 0. The van der Waals surface area contributed by atoms with E-state index < -0.39 is 5.41 Å². The van der Waals surface area contributed by atoms with Crippen molar-refractivity contribution in [1.82, 2.24) is 0 Å². The van der Waals surface area contributed by atoms with E-state index in [0.717, 1.165) is 25.7 Å². The molecule has 0 bridgehead atoms. The molecule has 0 aromatic carbocycles. The topological polar surface area (TPSA) is 37.3 Å². The van der Waals surface area contributed by atoms with Crippen LogP contribution in [0.3, 0.4) is 0 Å². The van der Waals surface area contributed by atoms with Crippen molar-refractivity contribution in [3.05, 3.63) is 37.0 Å². The van der Waals surface area contributed by atoms with Crippen molar-refractivity contribution in [3.8, 4) is 0 Å². The molecule has 0 spiro atoms. The molecule has 2 saturated carbocycles. The molecule has 0 aromatic rings. The zero-order chi connectivity index (χ0) is 16.0. The van der Waals surface area contributed by atoms with Crippen molar-refractivity contribution in [1.29, 1.82) is 0 Å². The van der Waals surface area contributed by atoms with Crippen LogP contribution >= 0.6 is 0 Å². The van der Waals surface area contributed by atoms with E-state index >= 15 is 0 Å². The predicted octanol–water partition coefficient (Wildman–Crippen LogP) is 4.21. The number of hydrogen-bond acceptors (Lipinski definition) is 2. The maximum Gasteiger partial charge on any atom is 0.143 e. The second-order valence-electron chi connectivity index (χ2n) is 7.71. The number of fused-ring (bicyclic) bond motifs is 3. The van der Waals surface area contributed by atoms with E-state index in [1.165, 1.54) is 5.57 Å². The van der Waals surface area contributed by atoms with Gasteiger partial charge in [-0.1, -0.05) is 30.7 Å². The fourth-order valence-electron chi connectivity index (χ4n) is 5.52. The van der Waals surface area contributed by atoms with E-state index in [1.54, 1.807) is 0 Å². The van der Waals surface area contributed by atoms with Crippen LogP contribution in [-0.2, 0) is 4.79 Å². The van der Waals surface area contributed by atoms with Crippen LogP contribution in [0.2, 0.25) is 0 Å². The number of allylic oxidation sites excluding steroid dienone is 4. The molecule has 0 amide bonds. The lowest BCUT2D eigenvalue weighted by molar-refractivity contribution is -0.130. The van der Waals surface area contributed by atoms with E-state index in [9.17, 15) is 9.90 Å². The van der Waals surface area contributed by atoms with Gasteiger partial charge in [-0.25, -0.2) is 0 Å². The molecular formula is C20H28O2. The number of rotatable bonds is 4. The first-order chi connectivity index (χ1) is 10.5. The molecular weight excluding hydrogens is 272 g/mol. The molecule has 0 aliphatic heterocycles. The smallest absolute Gasteiger partial charge is 0.143 e. The summed E-state index contributed by atoms with van der Waals surface area (Å²) < 4.78 is 0. The molecule has 3 aliphatic carbocycles. The van der Waals surface area contributed by atoms with E-state index in [2.05, 4.69) is 26.2 Å². The minimum Gasteiger partial charge on any atom is -0.393 e. The highest BCUT2D eigenvalue weighted by molar-refractivity contribution is 5.90. The Bertz CT molecular complexity index is 520. The second kappa shape index (κ2) is 5.49. The van der Waals surface area contributed by atoms with Crippen LogP contribution in [0.4, 0.5) is 0 Å². The van der Waals surface area contributed by atoms with Crippen LogP contribution in [0.5, 0.6) is 0 Å².